The molecule has 0 fully saturated rings. The Balaban J connectivity index is 1.95. The van der Waals surface area contributed by atoms with Crippen molar-refractivity contribution in [3.63, 3.8) is 0 Å². The predicted molar refractivity (Wildman–Crippen MR) is 94.0 cm³/mol. The molecule has 1 aliphatic heterocycles. The number of fused-ring (bicyclic) bond motifs is 2. The largest absolute Gasteiger partial charge is 0.445 e. The second kappa shape index (κ2) is 6.72. The summed E-state index contributed by atoms with van der Waals surface area (Å²) < 4.78 is 5.33. The van der Waals surface area contributed by atoms with Crippen molar-refractivity contribution in [3.05, 3.63) is 47.5 Å². The SMILES string of the molecule is CNC(=O)O[C@@H](C)CN1c2ccccc2Sc2ccc(Cl)cc21. The second-order valence-corrected chi connectivity index (χ2v) is 6.78. The van der Waals surface area contributed by atoms with Crippen LogP contribution in [0.15, 0.2) is 52.3 Å². The number of hydrogen-bond acceptors (Lipinski definition) is 4. The number of alkyl carbamates (subject to hydrolysis) is 1. The van der Waals surface area contributed by atoms with Crippen molar-refractivity contribution in [3.8, 4) is 0 Å². The number of hydrogen-bond donors (Lipinski definition) is 1. The Labute approximate surface area is 144 Å². The first kappa shape index (κ1) is 16.0. The first-order valence-corrected chi connectivity index (χ1v) is 8.50. The summed E-state index contributed by atoms with van der Waals surface area (Å²) in [5.74, 6) is 0. The van der Waals surface area contributed by atoms with Crippen molar-refractivity contribution in [1.82, 2.24) is 5.32 Å². The number of benzene rings is 2. The van der Waals surface area contributed by atoms with E-state index in [-0.39, 0.29) is 6.10 Å². The van der Waals surface area contributed by atoms with Crippen molar-refractivity contribution < 1.29 is 9.53 Å². The average Bonchev–Trinajstić information content (AvgIpc) is 2.55. The quantitative estimate of drug-likeness (QED) is 0.873. The second-order valence-electron chi connectivity index (χ2n) is 5.26. The molecule has 2 aromatic rings. The topological polar surface area (TPSA) is 41.6 Å². The molecule has 120 valence electrons. The van der Waals surface area contributed by atoms with Gasteiger partial charge < -0.3 is 15.0 Å². The number of nitrogens with zero attached hydrogens (tertiary/aromatic N) is 1. The molecule has 0 radical (unpaired) electrons. The molecule has 0 aromatic heterocycles. The summed E-state index contributed by atoms with van der Waals surface area (Å²) in [6.45, 7) is 2.43. The third-order valence-electron chi connectivity index (χ3n) is 3.54. The molecule has 1 atom stereocenters. The Morgan fingerprint density at radius 2 is 2.00 bits per heavy atom. The predicted octanol–water partition coefficient (Wildman–Crippen LogP) is 4.69. The van der Waals surface area contributed by atoms with E-state index < -0.39 is 6.09 Å². The molecule has 6 heteroatoms. The van der Waals surface area contributed by atoms with Crippen molar-refractivity contribution >= 4 is 40.8 Å². The molecule has 3 rings (SSSR count). The van der Waals surface area contributed by atoms with Crippen molar-refractivity contribution in [2.75, 3.05) is 18.5 Å². The zero-order valence-electron chi connectivity index (χ0n) is 12.9. The van der Waals surface area contributed by atoms with Gasteiger partial charge in [0.2, 0.25) is 0 Å². The summed E-state index contributed by atoms with van der Waals surface area (Å²) in [6, 6.07) is 14.1. The molecule has 0 unspecified atom stereocenters. The van der Waals surface area contributed by atoms with E-state index in [1.54, 1.807) is 18.8 Å². The Kier molecular flexibility index (Phi) is 4.68. The number of rotatable bonds is 3. The van der Waals surface area contributed by atoms with Gasteiger partial charge in [0.25, 0.3) is 0 Å². The number of para-hydroxylation sites is 1. The number of halogens is 1. The van der Waals surface area contributed by atoms with Gasteiger partial charge in [-0.1, -0.05) is 35.5 Å². The summed E-state index contributed by atoms with van der Waals surface area (Å²) >= 11 is 7.90. The molecule has 23 heavy (non-hydrogen) atoms. The van der Waals surface area contributed by atoms with Gasteiger partial charge >= 0.3 is 6.09 Å². The summed E-state index contributed by atoms with van der Waals surface area (Å²) in [6.07, 6.45) is -0.693. The van der Waals surface area contributed by atoms with Gasteiger partial charge in [-0.05, 0) is 37.3 Å². The minimum atomic E-state index is -0.427. The Hall–Kier alpha value is -1.85. The third kappa shape index (κ3) is 3.41. The van der Waals surface area contributed by atoms with E-state index in [4.69, 9.17) is 16.3 Å². The average molecular weight is 349 g/mol. The number of ether oxygens (including phenoxy) is 1. The Morgan fingerprint density at radius 1 is 1.26 bits per heavy atom. The minimum absolute atomic E-state index is 0.266. The minimum Gasteiger partial charge on any atom is -0.445 e. The first-order chi connectivity index (χ1) is 11.1. The smallest absolute Gasteiger partial charge is 0.407 e. The lowest BCUT2D eigenvalue weighted by Gasteiger charge is -2.34. The van der Waals surface area contributed by atoms with Crippen LogP contribution in [-0.2, 0) is 4.74 Å². The van der Waals surface area contributed by atoms with Crippen molar-refractivity contribution in [2.45, 2.75) is 22.8 Å². The van der Waals surface area contributed by atoms with Crippen LogP contribution in [0.2, 0.25) is 5.02 Å². The van der Waals surface area contributed by atoms with Gasteiger partial charge in [-0.2, -0.15) is 0 Å². The van der Waals surface area contributed by atoms with Gasteiger partial charge in [-0.25, -0.2) is 4.79 Å². The van der Waals surface area contributed by atoms with E-state index in [1.807, 2.05) is 37.3 Å². The van der Waals surface area contributed by atoms with Crippen LogP contribution in [0.3, 0.4) is 0 Å². The molecular formula is C17H17ClN2O2S. The van der Waals surface area contributed by atoms with Gasteiger partial charge in [0, 0.05) is 21.9 Å². The number of nitrogens with one attached hydrogen (secondary N) is 1. The van der Waals surface area contributed by atoms with Crippen molar-refractivity contribution in [1.29, 1.82) is 0 Å². The molecule has 1 amide bonds. The summed E-state index contributed by atoms with van der Waals surface area (Å²) in [5, 5.41) is 3.16. The number of anilines is 2. The van der Waals surface area contributed by atoms with E-state index in [0.29, 0.717) is 11.6 Å². The Bertz CT molecular complexity index is 738. The Morgan fingerprint density at radius 3 is 2.78 bits per heavy atom. The van der Waals surface area contributed by atoms with Gasteiger partial charge in [0.05, 0.1) is 17.9 Å². The van der Waals surface area contributed by atoms with Crippen LogP contribution in [-0.4, -0.2) is 25.8 Å². The number of amides is 1. The first-order valence-electron chi connectivity index (χ1n) is 7.31. The molecular weight excluding hydrogens is 332 g/mol. The maximum atomic E-state index is 11.4. The van der Waals surface area contributed by atoms with Gasteiger partial charge in [-0.3, -0.25) is 0 Å². The number of carbonyl (C=O) groups is 1. The van der Waals surface area contributed by atoms with Crippen LogP contribution in [0.4, 0.5) is 16.2 Å². The summed E-state index contributed by atoms with van der Waals surface area (Å²) in [4.78, 5) is 15.9. The van der Waals surface area contributed by atoms with E-state index in [1.165, 1.54) is 4.90 Å². The van der Waals surface area contributed by atoms with Gasteiger partial charge in [0.15, 0.2) is 0 Å². The van der Waals surface area contributed by atoms with Crippen LogP contribution in [0.1, 0.15) is 6.92 Å². The molecule has 4 nitrogen and oxygen atoms in total. The zero-order valence-corrected chi connectivity index (χ0v) is 14.4. The molecule has 1 heterocycles. The lowest BCUT2D eigenvalue weighted by atomic mass is 10.2. The monoisotopic (exact) mass is 348 g/mol. The fraction of sp³-hybridized carbons (Fsp3) is 0.235. The highest BCUT2D eigenvalue weighted by molar-refractivity contribution is 7.99. The summed E-state index contributed by atoms with van der Waals surface area (Å²) in [5.41, 5.74) is 2.13. The maximum Gasteiger partial charge on any atom is 0.407 e. The normalized spacial score (nSPS) is 13.8. The van der Waals surface area contributed by atoms with Crippen LogP contribution in [0, 0.1) is 0 Å². The van der Waals surface area contributed by atoms with E-state index in [0.717, 1.165) is 16.3 Å². The standard InChI is InChI=1S/C17H17ClN2O2S/c1-11(22-17(21)19-2)10-20-13-5-3-4-6-15(13)23-16-8-7-12(18)9-14(16)20/h3-9,11H,10H2,1-2H3,(H,19,21)/t11-/m0/s1. The lowest BCUT2D eigenvalue weighted by Crippen LogP contribution is -2.34. The van der Waals surface area contributed by atoms with Crippen LogP contribution >= 0.6 is 23.4 Å². The molecule has 0 bridgehead atoms. The van der Waals surface area contributed by atoms with Crippen LogP contribution in [0.5, 0.6) is 0 Å². The fourth-order valence-electron chi connectivity index (χ4n) is 2.54. The van der Waals surface area contributed by atoms with E-state index >= 15 is 0 Å². The van der Waals surface area contributed by atoms with E-state index in [2.05, 4.69) is 22.3 Å². The van der Waals surface area contributed by atoms with Crippen LogP contribution < -0.4 is 10.2 Å². The van der Waals surface area contributed by atoms with Crippen molar-refractivity contribution in [2.24, 2.45) is 0 Å². The molecule has 0 saturated carbocycles. The molecule has 0 saturated heterocycles. The lowest BCUT2D eigenvalue weighted by molar-refractivity contribution is 0.112. The molecule has 1 N–H and O–H groups in total. The highest BCUT2D eigenvalue weighted by Crippen LogP contribution is 2.48. The summed E-state index contributed by atoms with van der Waals surface area (Å²) in [7, 11) is 1.55. The highest BCUT2D eigenvalue weighted by atomic mass is 35.5. The maximum absolute atomic E-state index is 11.4. The highest BCUT2D eigenvalue weighted by Gasteiger charge is 2.25. The molecule has 2 aromatic carbocycles. The fourth-order valence-corrected chi connectivity index (χ4v) is 3.78. The molecule has 1 aliphatic rings. The van der Waals surface area contributed by atoms with Gasteiger partial charge in [0.1, 0.15) is 6.10 Å². The zero-order chi connectivity index (χ0) is 16.4. The van der Waals surface area contributed by atoms with Crippen LogP contribution in [0.25, 0.3) is 0 Å². The third-order valence-corrected chi connectivity index (χ3v) is 4.91. The number of carbonyl (C=O) groups excluding carboxylic acids is 1. The molecule has 0 spiro atoms. The van der Waals surface area contributed by atoms with Gasteiger partial charge in [-0.15, -0.1) is 0 Å². The molecule has 0 aliphatic carbocycles. The van der Waals surface area contributed by atoms with E-state index in [9.17, 15) is 4.79 Å².